The normalized spacial score (nSPS) is 12.5. The fourth-order valence-corrected chi connectivity index (χ4v) is 5.26. The quantitative estimate of drug-likeness (QED) is 0.457. The number of rotatable bonds is 5. The molecule has 0 N–H and O–H groups in total. The number of hydrogen-bond acceptors (Lipinski definition) is 4. The second-order valence-electron chi connectivity index (χ2n) is 6.88. The van der Waals surface area contributed by atoms with Crippen LogP contribution >= 0.6 is 0 Å². The lowest BCUT2D eigenvalue weighted by Crippen LogP contribution is -2.38. The predicted molar refractivity (Wildman–Crippen MR) is 102 cm³/mol. The molecule has 0 fully saturated rings. The lowest BCUT2D eigenvalue weighted by molar-refractivity contribution is -0.134. The van der Waals surface area contributed by atoms with Crippen LogP contribution in [0.25, 0.3) is 6.08 Å². The molecule has 0 aliphatic carbocycles. The van der Waals surface area contributed by atoms with Crippen LogP contribution in [0.15, 0.2) is 47.6 Å². The summed E-state index contributed by atoms with van der Waals surface area (Å²) in [5.74, 6) is -0.476. The van der Waals surface area contributed by atoms with E-state index < -0.39 is 24.1 Å². The molecule has 25 heavy (non-hydrogen) atoms. The number of nitrogens with zero attached hydrogens (tertiary/aromatic N) is 1. The van der Waals surface area contributed by atoms with E-state index in [2.05, 4.69) is 24.4 Å². The zero-order valence-electron chi connectivity index (χ0n) is 15.1. The minimum atomic E-state index is -3.67. The van der Waals surface area contributed by atoms with Gasteiger partial charge >= 0.3 is 5.97 Å². The minimum absolute atomic E-state index is 0.235. The molecule has 2 aromatic rings. The maximum Gasteiger partial charge on any atom is 0.330 e. The van der Waals surface area contributed by atoms with Gasteiger partial charge in [-0.25, -0.2) is 17.2 Å². The summed E-state index contributed by atoms with van der Waals surface area (Å²) in [5.41, 5.74) is 1.72. The summed E-state index contributed by atoms with van der Waals surface area (Å²) in [6.45, 7) is 8.28. The zero-order chi connectivity index (χ0) is 18.8. The number of aromatic nitrogens is 1. The Bertz CT molecular complexity index is 904. The third-order valence-corrected chi connectivity index (χ3v) is 7.51. The van der Waals surface area contributed by atoms with Crippen LogP contribution in [-0.2, 0) is 19.6 Å². The van der Waals surface area contributed by atoms with Gasteiger partial charge in [0.05, 0.1) is 20.1 Å². The predicted octanol–water partition coefficient (Wildman–Crippen LogP) is 2.76. The van der Waals surface area contributed by atoms with Gasteiger partial charge in [0.15, 0.2) is 0 Å². The second kappa shape index (κ2) is 7.01. The first-order valence-electron chi connectivity index (χ1n) is 7.86. The zero-order valence-corrected chi connectivity index (χ0v) is 16.9. The lowest BCUT2D eigenvalue weighted by Gasteiger charge is -2.15. The Morgan fingerprint density at radius 1 is 1.12 bits per heavy atom. The van der Waals surface area contributed by atoms with Crippen molar-refractivity contribution >= 4 is 35.3 Å². The monoisotopic (exact) mass is 377 g/mol. The molecular formula is C18H23NO4SSi. The summed E-state index contributed by atoms with van der Waals surface area (Å²) < 4.78 is 31.6. The van der Waals surface area contributed by atoms with E-state index in [4.69, 9.17) is 0 Å². The maximum absolute atomic E-state index is 12.9. The molecule has 1 heterocycles. The number of hydrogen-bond donors (Lipinski definition) is 0. The number of benzene rings is 1. The molecule has 0 radical (unpaired) electrons. The van der Waals surface area contributed by atoms with Crippen molar-refractivity contribution in [2.24, 2.45) is 0 Å². The standard InChI is InChI=1S/C18H23NO4SSi/c1-14-6-9-16(10-7-14)24(21,22)19-12-15(8-11-18(20)23-2)17(13-19)25(3,4)5/h6-13H,1-5H3/b11-8+. The van der Waals surface area contributed by atoms with Crippen molar-refractivity contribution in [3.05, 3.63) is 53.9 Å². The Hall–Kier alpha value is -2.12. The first-order valence-corrected chi connectivity index (χ1v) is 12.8. The molecule has 0 unspecified atom stereocenters. The van der Waals surface area contributed by atoms with Gasteiger partial charge in [-0.3, -0.25) is 0 Å². The van der Waals surface area contributed by atoms with Crippen LogP contribution in [-0.4, -0.2) is 33.5 Å². The van der Waals surface area contributed by atoms with E-state index in [1.165, 1.54) is 17.2 Å². The highest BCUT2D eigenvalue weighted by atomic mass is 32.2. The van der Waals surface area contributed by atoms with E-state index in [0.717, 1.165) is 16.3 Å². The largest absolute Gasteiger partial charge is 0.466 e. The van der Waals surface area contributed by atoms with Crippen molar-refractivity contribution in [2.45, 2.75) is 31.5 Å². The van der Waals surface area contributed by atoms with Crippen LogP contribution in [0.3, 0.4) is 0 Å². The molecule has 0 atom stereocenters. The summed E-state index contributed by atoms with van der Waals surface area (Å²) in [5, 5.41) is 0.961. The minimum Gasteiger partial charge on any atom is -0.466 e. The Balaban J connectivity index is 2.55. The van der Waals surface area contributed by atoms with Gasteiger partial charge in [-0.05, 0) is 35.9 Å². The molecule has 7 heteroatoms. The van der Waals surface area contributed by atoms with Gasteiger partial charge in [0.2, 0.25) is 0 Å². The van der Waals surface area contributed by atoms with Crippen LogP contribution in [0.5, 0.6) is 0 Å². The van der Waals surface area contributed by atoms with E-state index in [9.17, 15) is 13.2 Å². The summed E-state index contributed by atoms with van der Waals surface area (Å²) in [7, 11) is -4.18. The highest BCUT2D eigenvalue weighted by molar-refractivity contribution is 7.90. The summed E-state index contributed by atoms with van der Waals surface area (Å²) >= 11 is 0. The van der Waals surface area contributed by atoms with Gasteiger partial charge in [-0.15, -0.1) is 0 Å². The van der Waals surface area contributed by atoms with Gasteiger partial charge in [-0.1, -0.05) is 37.3 Å². The van der Waals surface area contributed by atoms with Crippen LogP contribution in [0, 0.1) is 6.92 Å². The highest BCUT2D eigenvalue weighted by Gasteiger charge is 2.25. The molecule has 0 aliphatic rings. The van der Waals surface area contributed by atoms with Gasteiger partial charge < -0.3 is 4.74 Å². The molecule has 0 bridgehead atoms. The third-order valence-electron chi connectivity index (χ3n) is 3.84. The van der Waals surface area contributed by atoms with Crippen LogP contribution in [0.1, 0.15) is 11.1 Å². The van der Waals surface area contributed by atoms with Crippen LogP contribution in [0.2, 0.25) is 19.6 Å². The Kier molecular flexibility index (Phi) is 5.39. The number of ether oxygens (including phenoxy) is 1. The van der Waals surface area contributed by atoms with Gasteiger partial charge in [-0.2, -0.15) is 0 Å². The van der Waals surface area contributed by atoms with Crippen LogP contribution in [0.4, 0.5) is 0 Å². The van der Waals surface area contributed by atoms with Crippen molar-refractivity contribution in [1.82, 2.24) is 3.97 Å². The molecule has 0 aliphatic heterocycles. The van der Waals surface area contributed by atoms with Crippen molar-refractivity contribution in [1.29, 1.82) is 0 Å². The van der Waals surface area contributed by atoms with E-state index in [1.807, 2.05) is 6.92 Å². The smallest absolute Gasteiger partial charge is 0.330 e. The number of methoxy groups -OCH3 is 1. The average Bonchev–Trinajstić information content (AvgIpc) is 2.98. The molecule has 0 saturated carbocycles. The molecule has 2 rings (SSSR count). The van der Waals surface area contributed by atoms with Crippen molar-refractivity contribution < 1.29 is 17.9 Å². The van der Waals surface area contributed by atoms with Gasteiger partial charge in [0, 0.05) is 18.5 Å². The topological polar surface area (TPSA) is 65.4 Å². The fraction of sp³-hybridized carbons (Fsp3) is 0.278. The average molecular weight is 378 g/mol. The van der Waals surface area contributed by atoms with Gasteiger partial charge in [0.25, 0.3) is 10.0 Å². The first kappa shape index (κ1) is 19.2. The van der Waals surface area contributed by atoms with Crippen molar-refractivity contribution in [3.8, 4) is 0 Å². The number of carbonyl (C=O) groups excluding carboxylic acids is 1. The Morgan fingerprint density at radius 3 is 2.24 bits per heavy atom. The molecule has 1 aromatic heterocycles. The summed E-state index contributed by atoms with van der Waals surface area (Å²) in [4.78, 5) is 11.6. The number of carbonyl (C=O) groups is 1. The second-order valence-corrected chi connectivity index (χ2v) is 13.8. The van der Waals surface area contributed by atoms with E-state index in [-0.39, 0.29) is 4.90 Å². The third kappa shape index (κ3) is 4.29. The fourth-order valence-electron chi connectivity index (χ4n) is 2.40. The van der Waals surface area contributed by atoms with E-state index >= 15 is 0 Å². The Morgan fingerprint density at radius 2 is 1.72 bits per heavy atom. The van der Waals surface area contributed by atoms with Crippen molar-refractivity contribution in [2.75, 3.05) is 7.11 Å². The maximum atomic E-state index is 12.9. The van der Waals surface area contributed by atoms with Gasteiger partial charge in [0.1, 0.15) is 0 Å². The molecule has 5 nitrogen and oxygen atoms in total. The SMILES string of the molecule is COC(=O)/C=C/c1cn(S(=O)(=O)c2ccc(C)cc2)cc1[Si](C)(C)C. The number of esters is 1. The van der Waals surface area contributed by atoms with Crippen LogP contribution < -0.4 is 5.19 Å². The van der Waals surface area contributed by atoms with Crippen molar-refractivity contribution in [3.63, 3.8) is 0 Å². The number of aryl methyl sites for hydroxylation is 1. The van der Waals surface area contributed by atoms with E-state index in [1.54, 1.807) is 42.7 Å². The Labute approximate surface area is 150 Å². The van der Waals surface area contributed by atoms with E-state index in [0.29, 0.717) is 0 Å². The molecule has 0 spiro atoms. The molecule has 134 valence electrons. The highest BCUT2D eigenvalue weighted by Crippen LogP contribution is 2.18. The molecule has 0 saturated heterocycles. The first-order chi connectivity index (χ1) is 11.6. The lowest BCUT2D eigenvalue weighted by atomic mass is 10.2. The summed E-state index contributed by atoms with van der Waals surface area (Å²) in [6, 6.07) is 6.74. The summed E-state index contributed by atoms with van der Waals surface area (Å²) in [6.07, 6.45) is 6.14. The molecule has 1 aromatic carbocycles. The molecular weight excluding hydrogens is 354 g/mol. The molecule has 0 amide bonds.